The lowest BCUT2D eigenvalue weighted by Crippen LogP contribution is -2.18. The Kier molecular flexibility index (Phi) is 5.18. The normalized spacial score (nSPS) is 11.8. The molecule has 134 valence electrons. The van der Waals surface area contributed by atoms with Crippen molar-refractivity contribution in [3.8, 4) is 5.75 Å². The third-order valence-electron chi connectivity index (χ3n) is 4.09. The molecule has 0 bridgehead atoms. The second-order valence-electron chi connectivity index (χ2n) is 5.70. The summed E-state index contributed by atoms with van der Waals surface area (Å²) in [5.41, 5.74) is 0.893. The van der Waals surface area contributed by atoms with Crippen LogP contribution in [-0.2, 0) is 9.53 Å². The number of carbonyl (C=O) groups is 2. The molecule has 1 amide bonds. The third kappa shape index (κ3) is 3.67. The lowest BCUT2D eigenvalue weighted by atomic mass is 9.97. The lowest BCUT2D eigenvalue weighted by molar-refractivity contribution is -0.117. The Bertz CT molecular complexity index is 967. The molecule has 0 aliphatic heterocycles. The Labute approximate surface area is 154 Å². The highest BCUT2D eigenvalue weighted by Gasteiger charge is 2.18. The number of amides is 1. The summed E-state index contributed by atoms with van der Waals surface area (Å²) < 4.78 is 9.87. The summed E-state index contributed by atoms with van der Waals surface area (Å²) >= 11 is 1.08. The number of hydrogen-bond donors (Lipinski definition) is 1. The summed E-state index contributed by atoms with van der Waals surface area (Å²) in [6, 6.07) is 11.7. The molecule has 1 N–H and O–H groups in total. The Balaban J connectivity index is 1.76. The molecule has 7 heteroatoms. The van der Waals surface area contributed by atoms with Crippen LogP contribution in [0.5, 0.6) is 5.75 Å². The van der Waals surface area contributed by atoms with Crippen molar-refractivity contribution in [2.45, 2.75) is 12.8 Å². The van der Waals surface area contributed by atoms with Gasteiger partial charge in [0, 0.05) is 0 Å². The first kappa shape index (κ1) is 17.9. The SMILES string of the molecule is COC(=O)c1cnc(NC(=O)[C@H](C)c2ccc3cc(OC)ccc3c2)s1. The van der Waals surface area contributed by atoms with Gasteiger partial charge < -0.3 is 14.8 Å². The van der Waals surface area contributed by atoms with Crippen LogP contribution in [0.2, 0.25) is 0 Å². The molecule has 6 nitrogen and oxygen atoms in total. The Hall–Kier alpha value is -2.93. The van der Waals surface area contributed by atoms with Gasteiger partial charge in [0.05, 0.1) is 26.3 Å². The summed E-state index contributed by atoms with van der Waals surface area (Å²) in [6.07, 6.45) is 1.39. The first-order chi connectivity index (χ1) is 12.5. The summed E-state index contributed by atoms with van der Waals surface area (Å²) in [7, 11) is 2.93. The van der Waals surface area contributed by atoms with Crippen molar-refractivity contribution in [2.24, 2.45) is 0 Å². The van der Waals surface area contributed by atoms with Gasteiger partial charge in [0.25, 0.3) is 0 Å². The number of benzene rings is 2. The summed E-state index contributed by atoms with van der Waals surface area (Å²) in [6.45, 7) is 1.83. The van der Waals surface area contributed by atoms with Crippen molar-refractivity contribution in [3.63, 3.8) is 0 Å². The minimum atomic E-state index is -0.471. The number of aromatic nitrogens is 1. The molecule has 0 fully saturated rings. The average molecular weight is 370 g/mol. The van der Waals surface area contributed by atoms with Gasteiger partial charge in [0.1, 0.15) is 10.6 Å². The quantitative estimate of drug-likeness (QED) is 0.691. The maximum atomic E-state index is 12.5. The molecule has 0 aliphatic rings. The molecule has 2 aromatic carbocycles. The van der Waals surface area contributed by atoms with Crippen molar-refractivity contribution < 1.29 is 19.1 Å². The zero-order valence-electron chi connectivity index (χ0n) is 14.6. The van der Waals surface area contributed by atoms with E-state index in [4.69, 9.17) is 4.74 Å². The number of hydrogen-bond acceptors (Lipinski definition) is 6. The molecular weight excluding hydrogens is 352 g/mol. The van der Waals surface area contributed by atoms with E-state index in [1.165, 1.54) is 13.3 Å². The largest absolute Gasteiger partial charge is 0.497 e. The van der Waals surface area contributed by atoms with Gasteiger partial charge in [-0.25, -0.2) is 9.78 Å². The number of nitrogens with zero attached hydrogens (tertiary/aromatic N) is 1. The minimum absolute atomic E-state index is 0.191. The van der Waals surface area contributed by atoms with Crippen LogP contribution < -0.4 is 10.1 Å². The number of rotatable bonds is 5. The Morgan fingerprint density at radius 2 is 1.85 bits per heavy atom. The van der Waals surface area contributed by atoms with Crippen molar-refractivity contribution in [2.75, 3.05) is 19.5 Å². The number of methoxy groups -OCH3 is 2. The predicted octanol–water partition coefficient (Wildman–Crippen LogP) is 3.83. The van der Waals surface area contributed by atoms with Crippen LogP contribution in [-0.4, -0.2) is 31.1 Å². The minimum Gasteiger partial charge on any atom is -0.497 e. The predicted molar refractivity (Wildman–Crippen MR) is 101 cm³/mol. The molecule has 0 saturated carbocycles. The van der Waals surface area contributed by atoms with Crippen LogP contribution in [0.25, 0.3) is 10.8 Å². The van der Waals surface area contributed by atoms with Gasteiger partial charge >= 0.3 is 5.97 Å². The van der Waals surface area contributed by atoms with E-state index in [2.05, 4.69) is 15.0 Å². The number of fused-ring (bicyclic) bond motifs is 1. The topological polar surface area (TPSA) is 77.5 Å². The van der Waals surface area contributed by atoms with Gasteiger partial charge in [0.15, 0.2) is 5.13 Å². The molecule has 1 aromatic heterocycles. The summed E-state index contributed by atoms with van der Waals surface area (Å²) in [4.78, 5) is 28.4. The molecule has 0 aliphatic carbocycles. The first-order valence-electron chi connectivity index (χ1n) is 7.94. The molecule has 0 unspecified atom stereocenters. The number of anilines is 1. The molecule has 0 spiro atoms. The van der Waals surface area contributed by atoms with Crippen molar-refractivity contribution in [3.05, 3.63) is 53.0 Å². The summed E-state index contributed by atoms with van der Waals surface area (Å²) in [5.74, 6) is -0.238. The highest BCUT2D eigenvalue weighted by atomic mass is 32.1. The summed E-state index contributed by atoms with van der Waals surface area (Å²) in [5, 5.41) is 5.19. The Morgan fingerprint density at radius 3 is 2.58 bits per heavy atom. The van der Waals surface area contributed by atoms with E-state index in [9.17, 15) is 9.59 Å². The van der Waals surface area contributed by atoms with Crippen LogP contribution in [0.4, 0.5) is 5.13 Å². The van der Waals surface area contributed by atoms with Gasteiger partial charge in [-0.3, -0.25) is 4.79 Å². The van der Waals surface area contributed by atoms with Crippen LogP contribution >= 0.6 is 11.3 Å². The highest BCUT2D eigenvalue weighted by molar-refractivity contribution is 7.17. The second kappa shape index (κ2) is 7.53. The van der Waals surface area contributed by atoms with Crippen LogP contribution in [0, 0.1) is 0 Å². The van der Waals surface area contributed by atoms with Crippen molar-refractivity contribution in [1.82, 2.24) is 4.98 Å². The van der Waals surface area contributed by atoms with Crippen LogP contribution in [0.3, 0.4) is 0 Å². The molecule has 0 saturated heterocycles. The van der Waals surface area contributed by atoms with E-state index in [0.29, 0.717) is 10.0 Å². The zero-order valence-corrected chi connectivity index (χ0v) is 15.4. The number of thiazole rings is 1. The fourth-order valence-corrected chi connectivity index (χ4v) is 3.27. The van der Waals surface area contributed by atoms with Gasteiger partial charge in [-0.1, -0.05) is 35.6 Å². The standard InChI is InChI=1S/C19H18N2O4S/c1-11(17(22)21-19-20-10-16(26-19)18(23)25-3)12-4-5-14-9-15(24-2)7-6-13(14)8-12/h4-11H,1-3H3,(H,20,21,22)/t11-/m1/s1. The van der Waals surface area contributed by atoms with Gasteiger partial charge in [0.2, 0.25) is 5.91 Å². The maximum absolute atomic E-state index is 12.5. The van der Waals surface area contributed by atoms with Crippen molar-refractivity contribution >= 4 is 39.1 Å². The van der Waals surface area contributed by atoms with Gasteiger partial charge in [-0.15, -0.1) is 0 Å². The molecular formula is C19H18N2O4S. The highest BCUT2D eigenvalue weighted by Crippen LogP contribution is 2.26. The number of esters is 1. The second-order valence-corrected chi connectivity index (χ2v) is 6.74. The molecule has 1 atom stereocenters. The Morgan fingerprint density at radius 1 is 1.12 bits per heavy atom. The maximum Gasteiger partial charge on any atom is 0.349 e. The molecule has 3 aromatic rings. The van der Waals surface area contributed by atoms with E-state index in [1.54, 1.807) is 7.11 Å². The number of nitrogens with one attached hydrogen (secondary N) is 1. The average Bonchev–Trinajstić information content (AvgIpc) is 3.14. The van der Waals surface area contributed by atoms with E-state index in [-0.39, 0.29) is 11.8 Å². The molecule has 26 heavy (non-hydrogen) atoms. The van der Waals surface area contributed by atoms with Crippen molar-refractivity contribution in [1.29, 1.82) is 0 Å². The monoisotopic (exact) mass is 370 g/mol. The lowest BCUT2D eigenvalue weighted by Gasteiger charge is -2.12. The van der Waals surface area contributed by atoms with E-state index < -0.39 is 5.97 Å². The molecule has 0 radical (unpaired) electrons. The smallest absolute Gasteiger partial charge is 0.349 e. The first-order valence-corrected chi connectivity index (χ1v) is 8.76. The molecule has 1 heterocycles. The van der Waals surface area contributed by atoms with E-state index >= 15 is 0 Å². The fraction of sp³-hybridized carbons (Fsp3) is 0.211. The van der Waals surface area contributed by atoms with Gasteiger partial charge in [-0.05, 0) is 35.4 Å². The molecule has 3 rings (SSSR count). The third-order valence-corrected chi connectivity index (χ3v) is 4.98. The zero-order chi connectivity index (χ0) is 18.7. The number of carbonyl (C=O) groups excluding carboxylic acids is 2. The van der Waals surface area contributed by atoms with Crippen LogP contribution in [0.1, 0.15) is 28.1 Å². The van der Waals surface area contributed by atoms with E-state index in [0.717, 1.165) is 33.4 Å². The van der Waals surface area contributed by atoms with Gasteiger partial charge in [-0.2, -0.15) is 0 Å². The fourth-order valence-electron chi connectivity index (χ4n) is 2.53. The van der Waals surface area contributed by atoms with Crippen LogP contribution in [0.15, 0.2) is 42.6 Å². The van der Waals surface area contributed by atoms with E-state index in [1.807, 2.05) is 43.3 Å². The number of ether oxygens (including phenoxy) is 2.